The highest BCUT2D eigenvalue weighted by Crippen LogP contribution is 2.15. The fourth-order valence-electron chi connectivity index (χ4n) is 1.52. The molecule has 0 aromatic carbocycles. The average Bonchev–Trinajstić information content (AvgIpc) is 2.65. The molecule has 15 heavy (non-hydrogen) atoms. The molecule has 0 saturated carbocycles. The molecule has 0 spiro atoms. The van der Waals surface area contributed by atoms with E-state index >= 15 is 0 Å². The molecule has 1 aromatic heterocycles. The monoisotopic (exact) mass is 207 g/mol. The van der Waals surface area contributed by atoms with Gasteiger partial charge in [-0.15, -0.1) is 0 Å². The number of hydrogen-bond acceptors (Lipinski definition) is 5. The fourth-order valence-corrected chi connectivity index (χ4v) is 1.52. The largest absolute Gasteiger partial charge is 0.393 e. The van der Waals surface area contributed by atoms with Crippen LogP contribution in [0.5, 0.6) is 0 Å². The van der Waals surface area contributed by atoms with E-state index < -0.39 is 0 Å². The number of nitrogens with two attached hydrogens (primary N) is 1. The van der Waals surface area contributed by atoms with Gasteiger partial charge in [-0.25, -0.2) is 9.97 Å². The van der Waals surface area contributed by atoms with Crippen molar-refractivity contribution >= 4 is 5.82 Å². The lowest BCUT2D eigenvalue weighted by atomic mass is 10.2. The fraction of sp³-hybridized carbons (Fsp3) is 0.400. The van der Waals surface area contributed by atoms with Gasteiger partial charge in [-0.2, -0.15) is 0 Å². The Morgan fingerprint density at radius 2 is 2.13 bits per heavy atom. The molecule has 5 nitrogen and oxygen atoms in total. The van der Waals surface area contributed by atoms with Crippen molar-refractivity contribution in [2.75, 3.05) is 12.3 Å². The third-order valence-electron chi connectivity index (χ3n) is 2.23. The van der Waals surface area contributed by atoms with Gasteiger partial charge in [0.1, 0.15) is 12.1 Å². The van der Waals surface area contributed by atoms with Gasteiger partial charge in [0.2, 0.25) is 0 Å². The smallest absolute Gasteiger partial charge is 0.126 e. The Hall–Kier alpha value is -1.46. The van der Waals surface area contributed by atoms with Crippen LogP contribution in [-0.2, 0) is 11.2 Å². The summed E-state index contributed by atoms with van der Waals surface area (Å²) in [5.74, 6) is 0.459. The van der Waals surface area contributed by atoms with Crippen LogP contribution in [0.15, 0.2) is 24.5 Å². The number of nitrogens with zero attached hydrogens (tertiary/aromatic N) is 2. The molecule has 2 rings (SSSR count). The van der Waals surface area contributed by atoms with Gasteiger partial charge in [0.15, 0.2) is 0 Å². The molecule has 0 fully saturated rings. The number of ether oxygens (including phenoxy) is 1. The van der Waals surface area contributed by atoms with Gasteiger partial charge in [0.25, 0.3) is 0 Å². The van der Waals surface area contributed by atoms with E-state index in [1.807, 2.05) is 12.2 Å². The Kier molecular flexibility index (Phi) is 2.94. The zero-order chi connectivity index (χ0) is 10.7. The molecule has 0 amide bonds. The Morgan fingerprint density at radius 1 is 1.33 bits per heavy atom. The van der Waals surface area contributed by atoms with Gasteiger partial charge in [-0.1, -0.05) is 12.2 Å². The molecule has 0 unspecified atom stereocenters. The standard InChI is InChI=1S/C10H13N3O2/c11-10-4-7(12-6-13-10)3-8-1-2-9(5-14)15-8/h1-2,4,6,8-9,14H,3,5H2,(H2,11,12,13)/t8-,9+/m1/s1. The van der Waals surface area contributed by atoms with Crippen molar-refractivity contribution < 1.29 is 9.84 Å². The van der Waals surface area contributed by atoms with E-state index in [1.54, 1.807) is 6.07 Å². The minimum absolute atomic E-state index is 0.0128. The van der Waals surface area contributed by atoms with Crippen LogP contribution in [0.4, 0.5) is 5.82 Å². The van der Waals surface area contributed by atoms with Crippen molar-refractivity contribution in [2.45, 2.75) is 18.6 Å². The molecule has 0 aliphatic carbocycles. The van der Waals surface area contributed by atoms with Crippen molar-refractivity contribution in [3.05, 3.63) is 30.2 Å². The number of aromatic nitrogens is 2. The molecule has 2 atom stereocenters. The normalized spacial score (nSPS) is 24.6. The second-order valence-electron chi connectivity index (χ2n) is 3.42. The summed E-state index contributed by atoms with van der Waals surface area (Å²) in [6.07, 6.45) is 5.66. The van der Waals surface area contributed by atoms with Crippen molar-refractivity contribution in [2.24, 2.45) is 0 Å². The number of hydrogen-bond donors (Lipinski definition) is 2. The maximum absolute atomic E-state index is 8.87. The first-order valence-electron chi connectivity index (χ1n) is 4.79. The molecule has 0 radical (unpaired) electrons. The van der Waals surface area contributed by atoms with E-state index in [0.717, 1.165) is 5.69 Å². The maximum atomic E-state index is 8.87. The first-order valence-corrected chi connectivity index (χ1v) is 4.79. The molecular weight excluding hydrogens is 194 g/mol. The lowest BCUT2D eigenvalue weighted by Crippen LogP contribution is -2.18. The number of anilines is 1. The van der Waals surface area contributed by atoms with Crippen LogP contribution < -0.4 is 5.73 Å². The quantitative estimate of drug-likeness (QED) is 0.677. The highest BCUT2D eigenvalue weighted by molar-refractivity contribution is 5.28. The third kappa shape index (κ3) is 2.51. The highest BCUT2D eigenvalue weighted by atomic mass is 16.5. The average molecular weight is 207 g/mol. The first kappa shape index (κ1) is 10.1. The second-order valence-corrected chi connectivity index (χ2v) is 3.42. The predicted octanol–water partition coefficient (Wildman–Crippen LogP) is -0.0828. The molecule has 0 bridgehead atoms. The Bertz CT molecular complexity index is 367. The van der Waals surface area contributed by atoms with Crippen molar-refractivity contribution in [3.8, 4) is 0 Å². The molecule has 3 N–H and O–H groups in total. The van der Waals surface area contributed by atoms with Crippen LogP contribution in [0.3, 0.4) is 0 Å². The van der Waals surface area contributed by atoms with E-state index in [9.17, 15) is 0 Å². The summed E-state index contributed by atoms with van der Waals surface area (Å²) in [5, 5.41) is 8.87. The van der Waals surface area contributed by atoms with Crippen molar-refractivity contribution in [3.63, 3.8) is 0 Å². The first-order chi connectivity index (χ1) is 7.28. The van der Waals surface area contributed by atoms with Gasteiger partial charge >= 0.3 is 0 Å². The van der Waals surface area contributed by atoms with Gasteiger partial charge in [-0.3, -0.25) is 0 Å². The summed E-state index contributed by atoms with van der Waals surface area (Å²) in [6.45, 7) is 0.0128. The molecule has 0 saturated heterocycles. The summed E-state index contributed by atoms with van der Waals surface area (Å²) in [7, 11) is 0. The zero-order valence-corrected chi connectivity index (χ0v) is 8.21. The molecule has 1 aromatic rings. The van der Waals surface area contributed by atoms with E-state index in [4.69, 9.17) is 15.6 Å². The topological polar surface area (TPSA) is 81.3 Å². The number of nitrogen functional groups attached to an aromatic ring is 1. The van der Waals surface area contributed by atoms with Crippen LogP contribution in [0.1, 0.15) is 5.69 Å². The van der Waals surface area contributed by atoms with Gasteiger partial charge < -0.3 is 15.6 Å². The Balaban J connectivity index is 1.96. The van der Waals surface area contributed by atoms with Crippen LogP contribution >= 0.6 is 0 Å². The van der Waals surface area contributed by atoms with Crippen LogP contribution in [0, 0.1) is 0 Å². The summed E-state index contributed by atoms with van der Waals surface area (Å²) in [4.78, 5) is 7.90. The van der Waals surface area contributed by atoms with Gasteiger partial charge in [-0.05, 0) is 0 Å². The number of aliphatic hydroxyl groups excluding tert-OH is 1. The summed E-state index contributed by atoms with van der Waals surface area (Å²) in [6, 6.07) is 1.73. The Morgan fingerprint density at radius 3 is 2.80 bits per heavy atom. The van der Waals surface area contributed by atoms with Crippen molar-refractivity contribution in [1.82, 2.24) is 9.97 Å². The molecule has 1 aliphatic rings. The molecule has 2 heterocycles. The van der Waals surface area contributed by atoms with Crippen LogP contribution in [-0.4, -0.2) is 33.9 Å². The van der Waals surface area contributed by atoms with E-state index in [2.05, 4.69) is 9.97 Å². The van der Waals surface area contributed by atoms with Crippen molar-refractivity contribution in [1.29, 1.82) is 0 Å². The second kappa shape index (κ2) is 4.37. The molecule has 80 valence electrons. The number of rotatable bonds is 3. The summed E-state index contributed by atoms with van der Waals surface area (Å²) < 4.78 is 5.49. The minimum atomic E-state index is -0.186. The predicted molar refractivity (Wildman–Crippen MR) is 55.0 cm³/mol. The van der Waals surface area contributed by atoms with Crippen LogP contribution in [0.25, 0.3) is 0 Å². The minimum Gasteiger partial charge on any atom is -0.393 e. The molecule has 1 aliphatic heterocycles. The number of aliphatic hydroxyl groups is 1. The summed E-state index contributed by atoms with van der Waals surface area (Å²) >= 11 is 0. The SMILES string of the molecule is Nc1cc(C[C@H]2C=C[C@@H](CO)O2)ncn1. The van der Waals surface area contributed by atoms with Gasteiger partial charge in [0.05, 0.1) is 18.8 Å². The maximum Gasteiger partial charge on any atom is 0.126 e. The highest BCUT2D eigenvalue weighted by Gasteiger charge is 2.18. The lowest BCUT2D eigenvalue weighted by molar-refractivity contribution is 0.0258. The Labute approximate surface area is 87.6 Å². The zero-order valence-electron chi connectivity index (χ0n) is 8.21. The van der Waals surface area contributed by atoms with E-state index in [-0.39, 0.29) is 18.8 Å². The molecule has 5 heteroatoms. The van der Waals surface area contributed by atoms with E-state index in [1.165, 1.54) is 6.33 Å². The third-order valence-corrected chi connectivity index (χ3v) is 2.23. The molecular formula is C10H13N3O2. The summed E-state index contributed by atoms with van der Waals surface area (Å²) in [5.41, 5.74) is 6.38. The van der Waals surface area contributed by atoms with E-state index in [0.29, 0.717) is 12.2 Å². The van der Waals surface area contributed by atoms with Gasteiger partial charge in [0, 0.05) is 18.2 Å². The van der Waals surface area contributed by atoms with Crippen LogP contribution in [0.2, 0.25) is 0 Å². The lowest BCUT2D eigenvalue weighted by Gasteiger charge is -2.11.